The molecule has 9 heteroatoms. The summed E-state index contributed by atoms with van der Waals surface area (Å²) in [6.07, 6.45) is 1.20. The maximum atomic E-state index is 14.2. The molecule has 0 atom stereocenters. The van der Waals surface area contributed by atoms with E-state index in [0.717, 1.165) is 7.11 Å². The molecule has 7 nitrogen and oxygen atoms in total. The number of carbonyl (C=O) groups excluding carboxylic acids is 2. The van der Waals surface area contributed by atoms with E-state index in [0.29, 0.717) is 5.69 Å². The quantitative estimate of drug-likeness (QED) is 0.321. The molecule has 29 heavy (non-hydrogen) atoms. The van der Waals surface area contributed by atoms with Crippen LogP contribution in [-0.2, 0) is 14.3 Å². The number of allylic oxidation sites excluding steroid dienone is 1. The first-order valence-electron chi connectivity index (χ1n) is 8.30. The number of rotatable bonds is 4. The smallest absolute Gasteiger partial charge is 0.340 e. The van der Waals surface area contributed by atoms with Gasteiger partial charge in [0.2, 0.25) is 0 Å². The summed E-state index contributed by atoms with van der Waals surface area (Å²) in [4.78, 5) is 36.9. The first-order valence-corrected chi connectivity index (χ1v) is 8.68. The van der Waals surface area contributed by atoms with Crippen LogP contribution in [0.5, 0.6) is 0 Å². The molecular weight excluding hydrogens is 403 g/mol. The molecule has 2 aromatic rings. The minimum absolute atomic E-state index is 0.0442. The zero-order valence-electron chi connectivity index (χ0n) is 15.3. The van der Waals surface area contributed by atoms with Crippen molar-refractivity contribution >= 4 is 40.9 Å². The third kappa shape index (κ3) is 3.62. The molecule has 0 aromatic heterocycles. The van der Waals surface area contributed by atoms with Crippen LogP contribution >= 0.6 is 11.6 Å². The molecule has 0 bridgehead atoms. The van der Waals surface area contributed by atoms with Crippen molar-refractivity contribution in [2.24, 2.45) is 0 Å². The summed E-state index contributed by atoms with van der Waals surface area (Å²) in [5.41, 5.74) is 0.216. The Bertz CT molecular complexity index is 1070. The lowest BCUT2D eigenvalue weighted by molar-refractivity contribution is -0.384. The first-order chi connectivity index (χ1) is 13.8. The Morgan fingerprint density at radius 3 is 2.45 bits per heavy atom. The summed E-state index contributed by atoms with van der Waals surface area (Å²) >= 11 is 6.05. The standard InChI is InChI=1S/C20H14ClFN2O5/c1-11-18(20(26)29-2)15(10-14-16(21)4-3-5-17(14)22)19(25)23(11)12-6-8-13(9-7-12)24(27)28/h3-10H,1-2H3/b15-10-. The van der Waals surface area contributed by atoms with Crippen LogP contribution in [0.25, 0.3) is 6.08 Å². The van der Waals surface area contributed by atoms with Crippen molar-refractivity contribution in [1.29, 1.82) is 0 Å². The molecule has 1 heterocycles. The largest absolute Gasteiger partial charge is 0.465 e. The van der Waals surface area contributed by atoms with Crippen molar-refractivity contribution < 1.29 is 23.6 Å². The van der Waals surface area contributed by atoms with Crippen molar-refractivity contribution in [1.82, 2.24) is 0 Å². The topological polar surface area (TPSA) is 89.8 Å². The van der Waals surface area contributed by atoms with Crippen molar-refractivity contribution in [2.45, 2.75) is 6.92 Å². The van der Waals surface area contributed by atoms with Crippen molar-refractivity contribution in [3.05, 3.63) is 85.8 Å². The highest BCUT2D eigenvalue weighted by Crippen LogP contribution is 2.37. The van der Waals surface area contributed by atoms with Crippen LogP contribution < -0.4 is 4.90 Å². The van der Waals surface area contributed by atoms with E-state index >= 15 is 0 Å². The fourth-order valence-corrected chi connectivity index (χ4v) is 3.22. The summed E-state index contributed by atoms with van der Waals surface area (Å²) in [5, 5.41) is 10.9. The number of nitrogens with zero attached hydrogens (tertiary/aromatic N) is 2. The fourth-order valence-electron chi connectivity index (χ4n) is 3.01. The molecule has 0 radical (unpaired) electrons. The van der Waals surface area contributed by atoms with Gasteiger partial charge in [-0.1, -0.05) is 17.7 Å². The van der Waals surface area contributed by atoms with Gasteiger partial charge in [0.05, 0.1) is 28.2 Å². The molecule has 1 aliphatic heterocycles. The SMILES string of the molecule is COC(=O)C1=C(C)N(c2ccc([N+](=O)[O-])cc2)C(=O)/C1=C\c1c(F)cccc1Cl. The van der Waals surface area contributed by atoms with Gasteiger partial charge < -0.3 is 4.74 Å². The molecule has 0 saturated carbocycles. The van der Waals surface area contributed by atoms with Gasteiger partial charge in [-0.3, -0.25) is 19.8 Å². The second-order valence-corrected chi connectivity index (χ2v) is 6.47. The second kappa shape index (κ2) is 7.84. The number of halogens is 2. The molecule has 0 aliphatic carbocycles. The monoisotopic (exact) mass is 416 g/mol. The highest BCUT2D eigenvalue weighted by atomic mass is 35.5. The zero-order chi connectivity index (χ0) is 21.3. The number of nitro benzene ring substituents is 1. The van der Waals surface area contributed by atoms with Gasteiger partial charge in [0.25, 0.3) is 11.6 Å². The maximum Gasteiger partial charge on any atom is 0.340 e. The Morgan fingerprint density at radius 2 is 1.90 bits per heavy atom. The molecule has 148 valence electrons. The zero-order valence-corrected chi connectivity index (χ0v) is 16.1. The Kier molecular flexibility index (Phi) is 5.47. The number of nitro groups is 1. The van der Waals surface area contributed by atoms with E-state index < -0.39 is 22.6 Å². The fraction of sp³-hybridized carbons (Fsp3) is 0.100. The third-order valence-electron chi connectivity index (χ3n) is 4.40. The van der Waals surface area contributed by atoms with Gasteiger partial charge in [-0.05, 0) is 37.3 Å². The molecular formula is C20H14ClFN2O5. The second-order valence-electron chi connectivity index (χ2n) is 6.06. The number of amides is 1. The normalized spacial score (nSPS) is 15.2. The summed E-state index contributed by atoms with van der Waals surface area (Å²) in [5.74, 6) is -2.05. The lowest BCUT2D eigenvalue weighted by atomic mass is 10.0. The predicted molar refractivity (Wildman–Crippen MR) is 105 cm³/mol. The van der Waals surface area contributed by atoms with E-state index in [1.54, 1.807) is 0 Å². The number of anilines is 1. The van der Waals surface area contributed by atoms with Gasteiger partial charge >= 0.3 is 5.97 Å². The van der Waals surface area contributed by atoms with Gasteiger partial charge in [-0.2, -0.15) is 0 Å². The lowest BCUT2D eigenvalue weighted by Crippen LogP contribution is -2.24. The third-order valence-corrected chi connectivity index (χ3v) is 4.73. The molecule has 1 amide bonds. The molecule has 0 unspecified atom stereocenters. The first kappa shape index (κ1) is 20.2. The van der Waals surface area contributed by atoms with Crippen LogP contribution in [0.2, 0.25) is 5.02 Å². The summed E-state index contributed by atoms with van der Waals surface area (Å²) in [6, 6.07) is 9.30. The summed E-state index contributed by atoms with van der Waals surface area (Å²) in [7, 11) is 1.16. The van der Waals surface area contributed by atoms with Gasteiger partial charge in [-0.25, -0.2) is 9.18 Å². The minimum atomic E-state index is -0.779. The minimum Gasteiger partial charge on any atom is -0.465 e. The maximum absolute atomic E-state index is 14.2. The van der Waals surface area contributed by atoms with Crippen molar-refractivity contribution in [3.8, 4) is 0 Å². The number of hydrogen-bond donors (Lipinski definition) is 0. The Balaban J connectivity index is 2.16. The van der Waals surface area contributed by atoms with Gasteiger partial charge in [0.15, 0.2) is 0 Å². The van der Waals surface area contributed by atoms with E-state index in [1.165, 1.54) is 60.4 Å². The number of hydrogen-bond acceptors (Lipinski definition) is 5. The highest BCUT2D eigenvalue weighted by molar-refractivity contribution is 6.32. The molecule has 0 spiro atoms. The molecule has 2 aromatic carbocycles. The van der Waals surface area contributed by atoms with Crippen LogP contribution in [0.3, 0.4) is 0 Å². The van der Waals surface area contributed by atoms with E-state index in [-0.39, 0.29) is 33.1 Å². The number of non-ortho nitro benzene ring substituents is 1. The average molecular weight is 417 g/mol. The van der Waals surface area contributed by atoms with Crippen molar-refractivity contribution in [2.75, 3.05) is 12.0 Å². The van der Waals surface area contributed by atoms with Gasteiger partial charge in [0, 0.05) is 29.1 Å². The van der Waals surface area contributed by atoms with Gasteiger partial charge in [0.1, 0.15) is 5.82 Å². The summed E-state index contributed by atoms with van der Waals surface area (Å²) < 4.78 is 19.0. The number of benzene rings is 2. The van der Waals surface area contributed by atoms with Gasteiger partial charge in [-0.15, -0.1) is 0 Å². The molecule has 1 aliphatic rings. The van der Waals surface area contributed by atoms with E-state index in [2.05, 4.69) is 0 Å². The number of ether oxygens (including phenoxy) is 1. The average Bonchev–Trinajstić information content (AvgIpc) is 2.94. The van der Waals surface area contributed by atoms with Crippen LogP contribution in [0.4, 0.5) is 15.8 Å². The molecule has 0 saturated heterocycles. The molecule has 0 fully saturated rings. The predicted octanol–water partition coefficient (Wildman–Crippen LogP) is 4.26. The van der Waals surface area contributed by atoms with Crippen LogP contribution in [0.1, 0.15) is 12.5 Å². The Hall–Kier alpha value is -3.52. The lowest BCUT2D eigenvalue weighted by Gasteiger charge is -2.17. The Morgan fingerprint density at radius 1 is 1.24 bits per heavy atom. The number of esters is 1. The highest BCUT2D eigenvalue weighted by Gasteiger charge is 2.38. The summed E-state index contributed by atoms with van der Waals surface area (Å²) in [6.45, 7) is 1.52. The van der Waals surface area contributed by atoms with E-state index in [4.69, 9.17) is 16.3 Å². The Labute approximate surface area is 169 Å². The number of methoxy groups -OCH3 is 1. The number of carbonyl (C=O) groups is 2. The van der Waals surface area contributed by atoms with E-state index in [1.807, 2.05) is 0 Å². The molecule has 3 rings (SSSR count). The van der Waals surface area contributed by atoms with Crippen LogP contribution in [-0.4, -0.2) is 23.9 Å². The van der Waals surface area contributed by atoms with E-state index in [9.17, 15) is 24.1 Å². The van der Waals surface area contributed by atoms with Crippen molar-refractivity contribution in [3.63, 3.8) is 0 Å². The molecule has 0 N–H and O–H groups in total. The van der Waals surface area contributed by atoms with Crippen LogP contribution in [0, 0.1) is 15.9 Å². The van der Waals surface area contributed by atoms with Crippen LogP contribution in [0.15, 0.2) is 59.3 Å².